The molecule has 1 aliphatic rings. The average Bonchev–Trinajstić information content (AvgIpc) is 3.13. The Morgan fingerprint density at radius 2 is 1.90 bits per heavy atom. The fourth-order valence-corrected chi connectivity index (χ4v) is 4.54. The van der Waals surface area contributed by atoms with Gasteiger partial charge in [0.2, 0.25) is 0 Å². The Kier molecular flexibility index (Phi) is 4.91. The minimum atomic E-state index is -0.362. The van der Waals surface area contributed by atoms with Gasteiger partial charge in [0.15, 0.2) is 0 Å². The molecule has 3 aromatic carbocycles. The number of aromatic nitrogens is 1. The van der Waals surface area contributed by atoms with Crippen molar-refractivity contribution in [3.63, 3.8) is 0 Å². The van der Waals surface area contributed by atoms with Gasteiger partial charge in [-0.05, 0) is 66.4 Å². The number of aromatic amines is 1. The summed E-state index contributed by atoms with van der Waals surface area (Å²) in [6.45, 7) is 2.50. The molecule has 6 heteroatoms. The summed E-state index contributed by atoms with van der Waals surface area (Å²) in [5.74, 6) is -0.306. The molecular formula is C25H21ClFN3O. The van der Waals surface area contributed by atoms with E-state index in [-0.39, 0.29) is 17.9 Å². The third kappa shape index (κ3) is 3.55. The standard InChI is InChI=1S/C25H21ClFN3O/c1-15-4-2-3-5-21(15)29-25(31)30-13-12-19-20-14-17(26)8-11-22(20)28-23(19)24(30)16-6-9-18(27)10-7-16/h2-11,14,24,28H,12-13H2,1H3,(H,29,31)/t24-/m0/s1. The highest BCUT2D eigenvalue weighted by Gasteiger charge is 2.34. The van der Waals surface area contributed by atoms with Gasteiger partial charge in [0.1, 0.15) is 5.82 Å². The van der Waals surface area contributed by atoms with E-state index in [2.05, 4.69) is 10.3 Å². The Labute approximate surface area is 184 Å². The number of halogens is 2. The van der Waals surface area contributed by atoms with Gasteiger partial charge in [-0.25, -0.2) is 9.18 Å². The Balaban J connectivity index is 1.60. The first-order chi connectivity index (χ1) is 15.0. The van der Waals surface area contributed by atoms with E-state index in [0.717, 1.165) is 39.0 Å². The molecule has 0 bridgehead atoms. The molecule has 5 rings (SSSR count). The van der Waals surface area contributed by atoms with E-state index in [4.69, 9.17) is 11.6 Å². The smallest absolute Gasteiger partial charge is 0.322 e. The maximum Gasteiger partial charge on any atom is 0.322 e. The number of anilines is 1. The number of carbonyl (C=O) groups is 1. The van der Waals surface area contributed by atoms with Gasteiger partial charge < -0.3 is 15.2 Å². The first-order valence-corrected chi connectivity index (χ1v) is 10.6. The molecule has 0 spiro atoms. The number of fused-ring (bicyclic) bond motifs is 3. The number of benzene rings is 3. The maximum atomic E-state index is 13.6. The topological polar surface area (TPSA) is 48.1 Å². The van der Waals surface area contributed by atoms with Crippen LogP contribution in [0.5, 0.6) is 0 Å². The summed E-state index contributed by atoms with van der Waals surface area (Å²) in [7, 11) is 0. The van der Waals surface area contributed by atoms with Crippen molar-refractivity contribution in [2.24, 2.45) is 0 Å². The maximum absolute atomic E-state index is 13.6. The van der Waals surface area contributed by atoms with Crippen LogP contribution in [0.4, 0.5) is 14.9 Å². The van der Waals surface area contributed by atoms with Gasteiger partial charge in [-0.3, -0.25) is 0 Å². The number of carbonyl (C=O) groups excluding carboxylic acids is 1. The van der Waals surface area contributed by atoms with Crippen LogP contribution in [-0.4, -0.2) is 22.5 Å². The molecule has 156 valence electrons. The van der Waals surface area contributed by atoms with E-state index >= 15 is 0 Å². The van der Waals surface area contributed by atoms with Crippen LogP contribution in [0, 0.1) is 12.7 Å². The third-order valence-corrected chi connectivity index (χ3v) is 6.16. The fourth-order valence-electron chi connectivity index (χ4n) is 4.37. The lowest BCUT2D eigenvalue weighted by atomic mass is 9.92. The normalized spacial score (nSPS) is 15.7. The summed E-state index contributed by atoms with van der Waals surface area (Å²) in [5.41, 5.74) is 5.68. The molecule has 0 saturated heterocycles. The Bertz CT molecular complexity index is 1280. The van der Waals surface area contributed by atoms with Crippen LogP contribution in [0.25, 0.3) is 10.9 Å². The molecule has 0 saturated carbocycles. The van der Waals surface area contributed by atoms with E-state index in [1.165, 1.54) is 12.1 Å². The average molecular weight is 434 g/mol. The molecule has 4 aromatic rings. The van der Waals surface area contributed by atoms with Crippen molar-refractivity contribution in [3.05, 3.63) is 100.0 Å². The van der Waals surface area contributed by atoms with Crippen LogP contribution < -0.4 is 5.32 Å². The van der Waals surface area contributed by atoms with Crippen molar-refractivity contribution in [3.8, 4) is 0 Å². The zero-order valence-electron chi connectivity index (χ0n) is 17.0. The summed E-state index contributed by atoms with van der Waals surface area (Å²) >= 11 is 6.24. The largest absolute Gasteiger partial charge is 0.356 e. The summed E-state index contributed by atoms with van der Waals surface area (Å²) in [4.78, 5) is 18.7. The van der Waals surface area contributed by atoms with Crippen molar-refractivity contribution < 1.29 is 9.18 Å². The van der Waals surface area contributed by atoms with E-state index in [9.17, 15) is 9.18 Å². The van der Waals surface area contributed by atoms with Gasteiger partial charge in [-0.1, -0.05) is 41.9 Å². The van der Waals surface area contributed by atoms with Gasteiger partial charge in [0.05, 0.1) is 6.04 Å². The van der Waals surface area contributed by atoms with E-state index in [1.807, 2.05) is 49.4 Å². The molecule has 0 aliphatic carbocycles. The molecule has 0 fully saturated rings. The van der Waals surface area contributed by atoms with Crippen LogP contribution in [0.15, 0.2) is 66.7 Å². The SMILES string of the molecule is Cc1ccccc1NC(=O)N1CCc2c([nH]c3ccc(Cl)cc23)[C@@H]1c1ccc(F)cc1. The number of para-hydroxylation sites is 1. The van der Waals surface area contributed by atoms with Crippen molar-refractivity contribution >= 4 is 34.2 Å². The zero-order chi connectivity index (χ0) is 21.5. The number of H-pyrrole nitrogens is 1. The number of nitrogens with one attached hydrogen (secondary N) is 2. The minimum Gasteiger partial charge on any atom is -0.356 e. The highest BCUT2D eigenvalue weighted by molar-refractivity contribution is 6.31. The monoisotopic (exact) mass is 433 g/mol. The summed E-state index contributed by atoms with van der Waals surface area (Å²) in [6, 6.07) is 19.2. The van der Waals surface area contributed by atoms with Crippen LogP contribution in [0.2, 0.25) is 5.02 Å². The molecule has 31 heavy (non-hydrogen) atoms. The number of rotatable bonds is 2. The first-order valence-electron chi connectivity index (χ1n) is 10.2. The molecule has 4 nitrogen and oxygen atoms in total. The lowest BCUT2D eigenvalue weighted by molar-refractivity contribution is 0.193. The van der Waals surface area contributed by atoms with Crippen molar-refractivity contribution in [1.29, 1.82) is 0 Å². The number of amides is 2. The minimum absolute atomic E-state index is 0.189. The Hall–Kier alpha value is -3.31. The van der Waals surface area contributed by atoms with Crippen molar-refractivity contribution in [1.82, 2.24) is 9.88 Å². The molecule has 1 aromatic heterocycles. The lowest BCUT2D eigenvalue weighted by Crippen LogP contribution is -2.43. The van der Waals surface area contributed by atoms with Crippen LogP contribution in [0.1, 0.15) is 28.4 Å². The predicted molar refractivity (Wildman–Crippen MR) is 122 cm³/mol. The second-order valence-corrected chi connectivity index (χ2v) is 8.29. The number of hydrogen-bond acceptors (Lipinski definition) is 1. The number of urea groups is 1. The first kappa shape index (κ1) is 19.6. The second-order valence-electron chi connectivity index (χ2n) is 7.85. The van der Waals surface area contributed by atoms with Gasteiger partial charge in [0, 0.05) is 33.9 Å². The van der Waals surface area contributed by atoms with Gasteiger partial charge in [0.25, 0.3) is 0 Å². The quantitative estimate of drug-likeness (QED) is 0.375. The van der Waals surface area contributed by atoms with E-state index in [1.54, 1.807) is 17.0 Å². The molecule has 2 amide bonds. The molecule has 1 aliphatic heterocycles. The molecule has 2 N–H and O–H groups in total. The number of hydrogen-bond donors (Lipinski definition) is 2. The van der Waals surface area contributed by atoms with Crippen molar-refractivity contribution in [2.75, 3.05) is 11.9 Å². The van der Waals surface area contributed by atoms with Gasteiger partial charge in [-0.15, -0.1) is 0 Å². The molecule has 0 unspecified atom stereocenters. The lowest BCUT2D eigenvalue weighted by Gasteiger charge is -2.36. The molecule has 2 heterocycles. The molecule has 0 radical (unpaired) electrons. The highest BCUT2D eigenvalue weighted by Crippen LogP contribution is 2.39. The van der Waals surface area contributed by atoms with E-state index < -0.39 is 0 Å². The summed E-state index contributed by atoms with van der Waals surface area (Å²) < 4.78 is 13.6. The molecular weight excluding hydrogens is 413 g/mol. The number of nitrogens with zero attached hydrogens (tertiary/aromatic N) is 1. The Morgan fingerprint density at radius 1 is 1.13 bits per heavy atom. The van der Waals surface area contributed by atoms with Crippen LogP contribution >= 0.6 is 11.6 Å². The Morgan fingerprint density at radius 3 is 2.68 bits per heavy atom. The van der Waals surface area contributed by atoms with Gasteiger partial charge >= 0.3 is 6.03 Å². The predicted octanol–water partition coefficient (Wildman–Crippen LogP) is 6.45. The fraction of sp³-hybridized carbons (Fsp3) is 0.160. The number of aryl methyl sites for hydroxylation is 1. The summed E-state index contributed by atoms with van der Waals surface area (Å²) in [5, 5.41) is 4.78. The van der Waals surface area contributed by atoms with Crippen molar-refractivity contribution in [2.45, 2.75) is 19.4 Å². The second kappa shape index (κ2) is 7.75. The van der Waals surface area contributed by atoms with Crippen LogP contribution in [-0.2, 0) is 6.42 Å². The summed E-state index contributed by atoms with van der Waals surface area (Å²) in [6.07, 6.45) is 0.703. The van der Waals surface area contributed by atoms with Gasteiger partial charge in [-0.2, -0.15) is 0 Å². The zero-order valence-corrected chi connectivity index (χ0v) is 17.7. The van der Waals surface area contributed by atoms with Crippen LogP contribution in [0.3, 0.4) is 0 Å². The van der Waals surface area contributed by atoms with E-state index in [0.29, 0.717) is 18.0 Å². The highest BCUT2D eigenvalue weighted by atomic mass is 35.5. The third-order valence-electron chi connectivity index (χ3n) is 5.92. The molecule has 1 atom stereocenters.